The van der Waals surface area contributed by atoms with Crippen LogP contribution in [0.5, 0.6) is 0 Å². The first-order valence-electron chi connectivity index (χ1n) is 17.2. The summed E-state index contributed by atoms with van der Waals surface area (Å²) in [5.41, 5.74) is 10.8. The summed E-state index contributed by atoms with van der Waals surface area (Å²) in [5, 5.41) is 7.59. The van der Waals surface area contributed by atoms with Crippen LogP contribution in [0.4, 0.5) is 0 Å². The summed E-state index contributed by atoms with van der Waals surface area (Å²) in [4.78, 5) is 0. The number of hydrogen-bond donors (Lipinski definition) is 0. The Bertz CT molecular complexity index is 2790. The zero-order chi connectivity index (χ0) is 33.4. The molecule has 1 aliphatic rings. The summed E-state index contributed by atoms with van der Waals surface area (Å²) < 4.78 is 2.68. The van der Waals surface area contributed by atoms with E-state index in [2.05, 4.69) is 189 Å². The van der Waals surface area contributed by atoms with E-state index in [-0.39, 0.29) is 0 Å². The quantitative estimate of drug-likeness (QED) is 0.177. The van der Waals surface area contributed by atoms with Gasteiger partial charge in [-0.3, -0.25) is 0 Å². The van der Waals surface area contributed by atoms with Crippen LogP contribution in [0.3, 0.4) is 0 Å². The maximum absolute atomic E-state index is 4.61. The minimum Gasteiger partial charge on any atom is -0.135 e. The smallest absolute Gasteiger partial charge is 0.0433 e. The molecular weight excluding hydrogens is 621 g/mol. The second-order valence-corrected chi connectivity index (χ2v) is 14.0. The highest BCUT2D eigenvalue weighted by molar-refractivity contribution is 7.26. The van der Waals surface area contributed by atoms with E-state index in [0.717, 1.165) is 23.1 Å². The van der Waals surface area contributed by atoms with Crippen molar-refractivity contribution >= 4 is 53.4 Å². The average molecular weight is 655 g/mol. The molecule has 0 bridgehead atoms. The maximum Gasteiger partial charge on any atom is 0.0433 e. The van der Waals surface area contributed by atoms with Gasteiger partial charge in [0.25, 0.3) is 0 Å². The molecule has 0 atom stereocenters. The summed E-state index contributed by atoms with van der Waals surface area (Å²) in [7, 11) is 0. The van der Waals surface area contributed by atoms with Crippen molar-refractivity contribution in [1.29, 1.82) is 0 Å². The van der Waals surface area contributed by atoms with Gasteiger partial charge in [-0.25, -0.2) is 0 Å². The Morgan fingerprint density at radius 1 is 0.480 bits per heavy atom. The van der Waals surface area contributed by atoms with Gasteiger partial charge in [-0.05, 0) is 95.9 Å². The second-order valence-electron chi connectivity index (χ2n) is 12.9. The van der Waals surface area contributed by atoms with Crippen LogP contribution in [0.25, 0.3) is 64.3 Å². The molecule has 0 saturated carbocycles. The van der Waals surface area contributed by atoms with E-state index in [4.69, 9.17) is 0 Å². The van der Waals surface area contributed by atoms with E-state index < -0.39 is 0 Å². The molecule has 0 radical (unpaired) electrons. The number of hydrogen-bond acceptors (Lipinski definition) is 1. The van der Waals surface area contributed by atoms with Gasteiger partial charge in [-0.15, -0.1) is 11.3 Å². The minimum atomic E-state index is 0.823. The summed E-state index contributed by atoms with van der Waals surface area (Å²) >= 11 is 1.88. The Labute approximate surface area is 296 Å². The molecule has 1 heterocycles. The SMILES string of the molecule is C=C1/C=C\C=C/C/C(c2ccc(-c3cccc4c3sc3ccccc34)cc2)=c2/ccccc2=C1c1cccc(-c2ccc3ccccc3c2)c1. The summed E-state index contributed by atoms with van der Waals surface area (Å²) in [6, 6.07) is 57.7. The van der Waals surface area contributed by atoms with Crippen LogP contribution in [0.15, 0.2) is 194 Å². The van der Waals surface area contributed by atoms with Gasteiger partial charge in [0.2, 0.25) is 0 Å². The van der Waals surface area contributed by atoms with E-state index in [1.807, 2.05) is 11.3 Å². The molecule has 0 N–H and O–H groups in total. The Morgan fingerprint density at radius 2 is 1.16 bits per heavy atom. The lowest BCUT2D eigenvalue weighted by molar-refractivity contribution is 1.32. The molecule has 0 fully saturated rings. The summed E-state index contributed by atoms with van der Waals surface area (Å²) in [6.45, 7) is 4.61. The number of rotatable bonds is 4. The van der Waals surface area contributed by atoms with Crippen molar-refractivity contribution in [2.75, 3.05) is 0 Å². The van der Waals surface area contributed by atoms with Crippen molar-refractivity contribution in [3.8, 4) is 22.3 Å². The highest BCUT2D eigenvalue weighted by Gasteiger charge is 2.13. The molecule has 1 aliphatic carbocycles. The van der Waals surface area contributed by atoms with Gasteiger partial charge in [-0.1, -0.05) is 170 Å². The van der Waals surface area contributed by atoms with E-state index in [0.29, 0.717) is 0 Å². The van der Waals surface area contributed by atoms with Crippen molar-refractivity contribution < 1.29 is 0 Å². The minimum absolute atomic E-state index is 0.823. The molecule has 0 amide bonds. The first-order chi connectivity index (χ1) is 24.7. The van der Waals surface area contributed by atoms with Gasteiger partial charge in [0.15, 0.2) is 0 Å². The Balaban J connectivity index is 1.21. The first kappa shape index (κ1) is 30.1. The lowest BCUT2D eigenvalue weighted by Crippen LogP contribution is -2.30. The molecule has 0 unspecified atom stereocenters. The third-order valence-electron chi connectivity index (χ3n) is 9.89. The van der Waals surface area contributed by atoms with Crippen molar-refractivity contribution in [1.82, 2.24) is 0 Å². The molecule has 9 rings (SSSR count). The van der Waals surface area contributed by atoms with Crippen molar-refractivity contribution in [2.24, 2.45) is 0 Å². The fraction of sp³-hybridized carbons (Fsp3) is 0.0204. The van der Waals surface area contributed by atoms with Crippen molar-refractivity contribution in [2.45, 2.75) is 6.42 Å². The molecule has 0 aliphatic heterocycles. The number of fused-ring (bicyclic) bond motifs is 5. The van der Waals surface area contributed by atoms with Gasteiger partial charge < -0.3 is 0 Å². The Morgan fingerprint density at radius 3 is 2.06 bits per heavy atom. The molecule has 7 aromatic carbocycles. The summed E-state index contributed by atoms with van der Waals surface area (Å²) in [5.74, 6) is 0. The number of thiophene rings is 1. The molecule has 0 spiro atoms. The van der Waals surface area contributed by atoms with E-state index in [9.17, 15) is 0 Å². The van der Waals surface area contributed by atoms with Crippen molar-refractivity contribution in [3.63, 3.8) is 0 Å². The van der Waals surface area contributed by atoms with Crippen LogP contribution in [0.2, 0.25) is 0 Å². The lowest BCUT2D eigenvalue weighted by Gasteiger charge is -2.14. The third kappa shape index (κ3) is 5.43. The standard InChI is InChI=1S/C49H34S/c1-33-13-3-2-4-18-41(35-26-28-36(29-27-35)42-22-12-23-46-44-20-9-10-24-47(44)50-49(42)46)43-19-7-8-21-45(43)48(33)40-17-11-16-38(32-40)39-30-25-34-14-5-6-15-37(34)31-39/h2-17,19-32H,1,18H2/b4-2-,13-3-,43-41+,48-45?. The van der Waals surface area contributed by atoms with E-state index in [1.165, 1.54) is 74.8 Å². The van der Waals surface area contributed by atoms with Gasteiger partial charge in [0.1, 0.15) is 0 Å². The van der Waals surface area contributed by atoms with Crippen LogP contribution >= 0.6 is 11.3 Å². The predicted octanol–water partition coefficient (Wildman–Crippen LogP) is 12.0. The molecule has 236 valence electrons. The average Bonchev–Trinajstić information content (AvgIpc) is 3.56. The molecule has 1 heteroatoms. The van der Waals surface area contributed by atoms with Gasteiger partial charge in [-0.2, -0.15) is 0 Å². The van der Waals surface area contributed by atoms with Crippen LogP contribution in [-0.2, 0) is 0 Å². The highest BCUT2D eigenvalue weighted by atomic mass is 32.1. The van der Waals surface area contributed by atoms with Crippen LogP contribution in [0, 0.1) is 0 Å². The van der Waals surface area contributed by atoms with E-state index in [1.54, 1.807) is 0 Å². The largest absolute Gasteiger partial charge is 0.135 e. The molecular formula is C49H34S. The first-order valence-corrected chi connectivity index (χ1v) is 18.0. The molecule has 1 aromatic heterocycles. The van der Waals surface area contributed by atoms with Gasteiger partial charge >= 0.3 is 0 Å². The maximum atomic E-state index is 4.61. The summed E-state index contributed by atoms with van der Waals surface area (Å²) in [6.07, 6.45) is 9.49. The molecule has 8 aromatic rings. The lowest BCUT2D eigenvalue weighted by atomic mass is 9.89. The van der Waals surface area contributed by atoms with Crippen molar-refractivity contribution in [3.05, 3.63) is 216 Å². The van der Waals surface area contributed by atoms with Gasteiger partial charge in [0.05, 0.1) is 0 Å². The topological polar surface area (TPSA) is 0 Å². The molecule has 50 heavy (non-hydrogen) atoms. The number of allylic oxidation sites excluding steroid dienone is 5. The van der Waals surface area contributed by atoms with Crippen LogP contribution < -0.4 is 10.4 Å². The zero-order valence-corrected chi connectivity index (χ0v) is 28.5. The fourth-order valence-electron chi connectivity index (χ4n) is 7.43. The zero-order valence-electron chi connectivity index (χ0n) is 27.6. The third-order valence-corrected chi connectivity index (χ3v) is 11.1. The Kier molecular flexibility index (Phi) is 7.69. The second kappa shape index (κ2) is 12.8. The molecule has 0 nitrogen and oxygen atoms in total. The Hall–Kier alpha value is -6.02. The fourth-order valence-corrected chi connectivity index (χ4v) is 8.67. The van der Waals surface area contributed by atoms with Crippen LogP contribution in [-0.4, -0.2) is 0 Å². The van der Waals surface area contributed by atoms with Gasteiger partial charge in [0, 0.05) is 20.2 Å². The monoisotopic (exact) mass is 654 g/mol. The van der Waals surface area contributed by atoms with Crippen LogP contribution in [0.1, 0.15) is 17.5 Å². The highest BCUT2D eigenvalue weighted by Crippen LogP contribution is 2.40. The van der Waals surface area contributed by atoms with E-state index >= 15 is 0 Å². The predicted molar refractivity (Wildman–Crippen MR) is 217 cm³/mol. The molecule has 0 saturated heterocycles. The number of benzene rings is 7. The normalized spacial score (nSPS) is 15.7.